The van der Waals surface area contributed by atoms with Gasteiger partial charge >= 0.3 is 12.2 Å². The molecule has 1 aliphatic heterocycles. The van der Waals surface area contributed by atoms with Gasteiger partial charge in [-0.25, -0.2) is 9.78 Å². The van der Waals surface area contributed by atoms with Crippen molar-refractivity contribution in [1.82, 2.24) is 9.88 Å². The first-order valence-electron chi connectivity index (χ1n) is 8.36. The van der Waals surface area contributed by atoms with Gasteiger partial charge in [-0.3, -0.25) is 0 Å². The molecule has 0 spiro atoms. The molecule has 3 rings (SSSR count). The molecule has 2 aromatic rings. The van der Waals surface area contributed by atoms with Gasteiger partial charge in [-0.05, 0) is 36.6 Å². The highest BCUT2D eigenvalue weighted by atomic mass is 19.4. The van der Waals surface area contributed by atoms with E-state index in [9.17, 15) is 18.0 Å². The van der Waals surface area contributed by atoms with E-state index in [-0.39, 0.29) is 7.31 Å². The fourth-order valence-electron chi connectivity index (χ4n) is 2.79. The SMILES string of the molecule is NC(=O)N1CCC(=Cc2cccc(Oc3ccc(C(F)(F)F)cn3)c2)CC1.[HH]. The first-order chi connectivity index (χ1) is 12.8. The van der Waals surface area contributed by atoms with E-state index >= 15 is 0 Å². The summed E-state index contributed by atoms with van der Waals surface area (Å²) in [5.41, 5.74) is 6.55. The van der Waals surface area contributed by atoms with Crippen molar-refractivity contribution in [2.75, 3.05) is 13.1 Å². The van der Waals surface area contributed by atoms with Gasteiger partial charge in [0.2, 0.25) is 5.88 Å². The van der Waals surface area contributed by atoms with Crippen LogP contribution >= 0.6 is 0 Å². The van der Waals surface area contributed by atoms with Crippen LogP contribution in [0.15, 0.2) is 48.2 Å². The Hall–Kier alpha value is -3.03. The summed E-state index contributed by atoms with van der Waals surface area (Å²) in [4.78, 5) is 16.5. The topological polar surface area (TPSA) is 68.5 Å². The number of piperidine rings is 1. The van der Waals surface area contributed by atoms with Crippen molar-refractivity contribution in [3.8, 4) is 11.6 Å². The Balaban J connectivity index is 0.00000280. The number of rotatable bonds is 3. The minimum Gasteiger partial charge on any atom is -0.439 e. The molecule has 0 atom stereocenters. The number of halogens is 3. The van der Waals surface area contributed by atoms with Crippen LogP contribution in [0.3, 0.4) is 0 Å². The summed E-state index contributed by atoms with van der Waals surface area (Å²) in [7, 11) is 0. The summed E-state index contributed by atoms with van der Waals surface area (Å²) in [6, 6.07) is 8.90. The van der Waals surface area contributed by atoms with Crippen LogP contribution in [-0.4, -0.2) is 29.0 Å². The van der Waals surface area contributed by atoms with E-state index in [0.29, 0.717) is 18.8 Å². The van der Waals surface area contributed by atoms with Crippen molar-refractivity contribution in [2.45, 2.75) is 19.0 Å². The van der Waals surface area contributed by atoms with Gasteiger partial charge in [0.25, 0.3) is 0 Å². The standard InChI is InChI=1S/C19H18F3N3O2.H2/c20-19(21,22)15-4-5-17(24-12-15)27-16-3-1-2-14(11-16)10-13-6-8-25(9-7-13)18(23)26;/h1-5,10-12H,6-9H2,(H2,23,26);1H. The lowest BCUT2D eigenvalue weighted by molar-refractivity contribution is -0.137. The van der Waals surface area contributed by atoms with Gasteiger partial charge in [-0.15, -0.1) is 0 Å². The summed E-state index contributed by atoms with van der Waals surface area (Å²) < 4.78 is 43.3. The van der Waals surface area contributed by atoms with E-state index in [1.54, 1.807) is 23.1 Å². The molecule has 1 saturated heterocycles. The molecule has 2 N–H and O–H groups in total. The largest absolute Gasteiger partial charge is 0.439 e. The second-order valence-electron chi connectivity index (χ2n) is 6.19. The van der Waals surface area contributed by atoms with Crippen molar-refractivity contribution in [3.05, 3.63) is 59.3 Å². The molecule has 0 aliphatic carbocycles. The van der Waals surface area contributed by atoms with Gasteiger partial charge in [-0.2, -0.15) is 13.2 Å². The molecule has 2 heterocycles. The third-order valence-corrected chi connectivity index (χ3v) is 4.23. The molecule has 0 unspecified atom stereocenters. The van der Waals surface area contributed by atoms with Crippen LogP contribution in [0.2, 0.25) is 0 Å². The second-order valence-corrected chi connectivity index (χ2v) is 6.19. The summed E-state index contributed by atoms with van der Waals surface area (Å²) in [6.45, 7) is 1.18. The number of aromatic nitrogens is 1. The number of hydrogen-bond donors (Lipinski definition) is 1. The molecule has 0 radical (unpaired) electrons. The molecule has 1 fully saturated rings. The highest BCUT2D eigenvalue weighted by Gasteiger charge is 2.30. The van der Waals surface area contributed by atoms with E-state index in [1.807, 2.05) is 12.1 Å². The number of urea groups is 1. The van der Waals surface area contributed by atoms with Gasteiger partial charge in [0.15, 0.2) is 0 Å². The van der Waals surface area contributed by atoms with Crippen LogP contribution in [-0.2, 0) is 6.18 Å². The van der Waals surface area contributed by atoms with Gasteiger partial charge in [0, 0.05) is 26.8 Å². The normalized spacial score (nSPS) is 14.8. The molecule has 1 aromatic carbocycles. The van der Waals surface area contributed by atoms with E-state index < -0.39 is 17.8 Å². The molecular formula is C19H20F3N3O2. The van der Waals surface area contributed by atoms with Crippen molar-refractivity contribution in [3.63, 3.8) is 0 Å². The Morgan fingerprint density at radius 1 is 1.22 bits per heavy atom. The van der Waals surface area contributed by atoms with E-state index in [1.165, 1.54) is 11.6 Å². The molecule has 0 saturated carbocycles. The van der Waals surface area contributed by atoms with Crippen molar-refractivity contribution in [1.29, 1.82) is 0 Å². The lowest BCUT2D eigenvalue weighted by atomic mass is 10.0. The van der Waals surface area contributed by atoms with Crippen LogP contribution in [0.25, 0.3) is 6.08 Å². The predicted octanol–water partition coefficient (Wildman–Crippen LogP) is 4.70. The molecule has 144 valence electrons. The van der Waals surface area contributed by atoms with Crippen LogP contribution in [0, 0.1) is 0 Å². The number of nitrogens with two attached hydrogens (primary N) is 1. The first kappa shape index (κ1) is 18.8. The van der Waals surface area contributed by atoms with Gasteiger partial charge in [0.05, 0.1) is 5.56 Å². The fourth-order valence-corrected chi connectivity index (χ4v) is 2.79. The minimum absolute atomic E-state index is 0. The number of nitrogens with zero attached hydrogens (tertiary/aromatic N) is 2. The van der Waals surface area contributed by atoms with Gasteiger partial charge < -0.3 is 15.4 Å². The molecular weight excluding hydrogens is 359 g/mol. The Bertz CT molecular complexity index is 844. The molecule has 5 nitrogen and oxygen atoms in total. The number of carbonyl (C=O) groups excluding carboxylic acids is 1. The lowest BCUT2D eigenvalue weighted by Gasteiger charge is -2.26. The number of ether oxygens (including phenoxy) is 1. The minimum atomic E-state index is -4.43. The fraction of sp³-hybridized carbons (Fsp3) is 0.263. The maximum Gasteiger partial charge on any atom is 0.417 e. The van der Waals surface area contributed by atoms with Crippen LogP contribution in [0.1, 0.15) is 25.4 Å². The lowest BCUT2D eigenvalue weighted by Crippen LogP contribution is -2.39. The molecule has 2 amide bonds. The molecule has 1 aliphatic rings. The number of likely N-dealkylation sites (tertiary alicyclic amines) is 1. The Morgan fingerprint density at radius 3 is 2.56 bits per heavy atom. The molecule has 0 bridgehead atoms. The molecule has 1 aromatic heterocycles. The Labute approximate surface area is 155 Å². The van der Waals surface area contributed by atoms with E-state index in [2.05, 4.69) is 4.98 Å². The number of amides is 2. The number of primary amides is 1. The predicted molar refractivity (Wildman–Crippen MR) is 96.2 cm³/mol. The monoisotopic (exact) mass is 379 g/mol. The van der Waals surface area contributed by atoms with Gasteiger partial charge in [0.1, 0.15) is 5.75 Å². The highest BCUT2D eigenvalue weighted by Crippen LogP contribution is 2.30. The summed E-state index contributed by atoms with van der Waals surface area (Å²) in [6.07, 6.45) is -0.177. The average molecular weight is 379 g/mol. The molecule has 27 heavy (non-hydrogen) atoms. The molecule has 8 heteroatoms. The van der Waals surface area contributed by atoms with Crippen LogP contribution in [0.4, 0.5) is 18.0 Å². The second kappa shape index (κ2) is 7.69. The quantitative estimate of drug-likeness (QED) is 0.841. The van der Waals surface area contributed by atoms with Crippen LogP contribution < -0.4 is 10.5 Å². The maximum atomic E-state index is 12.6. The number of hydrogen-bond acceptors (Lipinski definition) is 3. The number of benzene rings is 1. The zero-order valence-corrected chi connectivity index (χ0v) is 14.4. The average Bonchev–Trinajstić information content (AvgIpc) is 2.62. The summed E-state index contributed by atoms with van der Waals surface area (Å²) >= 11 is 0. The van der Waals surface area contributed by atoms with Crippen molar-refractivity contribution < 1.29 is 24.1 Å². The third kappa shape index (κ3) is 4.99. The van der Waals surface area contributed by atoms with Gasteiger partial charge in [-0.1, -0.05) is 23.8 Å². The number of alkyl halides is 3. The smallest absolute Gasteiger partial charge is 0.417 e. The highest BCUT2D eigenvalue weighted by molar-refractivity contribution is 5.72. The third-order valence-electron chi connectivity index (χ3n) is 4.23. The number of carbonyl (C=O) groups is 1. The number of pyridine rings is 1. The first-order valence-corrected chi connectivity index (χ1v) is 8.36. The Morgan fingerprint density at radius 2 is 1.96 bits per heavy atom. The zero-order chi connectivity index (χ0) is 19.4. The van der Waals surface area contributed by atoms with E-state index in [4.69, 9.17) is 10.5 Å². The van der Waals surface area contributed by atoms with Crippen LogP contribution in [0.5, 0.6) is 11.6 Å². The van der Waals surface area contributed by atoms with Crippen molar-refractivity contribution >= 4 is 12.1 Å². The Kier molecular flexibility index (Phi) is 5.34. The van der Waals surface area contributed by atoms with E-state index in [0.717, 1.165) is 30.7 Å². The van der Waals surface area contributed by atoms with Crippen molar-refractivity contribution in [2.24, 2.45) is 5.73 Å². The summed E-state index contributed by atoms with van der Waals surface area (Å²) in [5, 5.41) is 0. The summed E-state index contributed by atoms with van der Waals surface area (Å²) in [5.74, 6) is 0.564. The zero-order valence-electron chi connectivity index (χ0n) is 14.4. The maximum absolute atomic E-state index is 12.6.